The molecule has 0 radical (unpaired) electrons. The minimum Gasteiger partial charge on any atom is -0.479 e. The Morgan fingerprint density at radius 1 is 0.506 bits per heavy atom. The molecular formula is C58H71F3N6O16. The van der Waals surface area contributed by atoms with E-state index in [0.717, 1.165) is 16.7 Å². The van der Waals surface area contributed by atoms with E-state index in [1.54, 1.807) is 109 Å². The van der Waals surface area contributed by atoms with Crippen LogP contribution in [0.5, 0.6) is 0 Å². The number of esters is 1. The molecule has 450 valence electrons. The number of ether oxygens (including phenoxy) is 4. The first-order chi connectivity index (χ1) is 40.4. The quantitative estimate of drug-likeness (QED) is 0.0248. The van der Waals surface area contributed by atoms with Crippen molar-refractivity contribution in [3.63, 3.8) is 0 Å². The zero-order valence-corrected chi connectivity index (χ0v) is 45.6. The summed E-state index contributed by atoms with van der Waals surface area (Å²) in [6.07, 6.45) is -5.10. The lowest BCUT2D eigenvalue weighted by atomic mass is 9.99. The van der Waals surface area contributed by atoms with Gasteiger partial charge < -0.3 is 56.4 Å². The van der Waals surface area contributed by atoms with Crippen LogP contribution in [0, 0.1) is 0 Å². The third-order valence-electron chi connectivity index (χ3n) is 11.5. The van der Waals surface area contributed by atoms with Crippen molar-refractivity contribution in [2.75, 3.05) is 47.1 Å². The fourth-order valence-corrected chi connectivity index (χ4v) is 6.99. The summed E-state index contributed by atoms with van der Waals surface area (Å²) in [6, 6.07) is 33.9. The number of carbonyl (C=O) groups excluding carboxylic acids is 10. The Balaban J connectivity index is 0.000000594. The number of carbonyl (C=O) groups is 11. The number of amides is 5. The largest absolute Gasteiger partial charge is 0.479 e. The topological polar surface area (TPSA) is 331 Å². The normalized spacial score (nSPS) is 12.0. The molecule has 0 spiro atoms. The van der Waals surface area contributed by atoms with Gasteiger partial charge in [0, 0.05) is 51.4 Å². The average Bonchev–Trinajstić information content (AvgIpc) is 3.52. The van der Waals surface area contributed by atoms with Crippen LogP contribution in [0.3, 0.4) is 0 Å². The molecule has 4 rings (SSSR count). The van der Waals surface area contributed by atoms with Gasteiger partial charge in [0.1, 0.15) is 45.8 Å². The van der Waals surface area contributed by atoms with Gasteiger partial charge in [0.25, 0.3) is 0 Å². The zero-order valence-electron chi connectivity index (χ0n) is 46.6. The van der Waals surface area contributed by atoms with Gasteiger partial charge >= 0.3 is 18.0 Å². The molecule has 0 bridgehead atoms. The first kappa shape index (κ1) is 68.6. The van der Waals surface area contributed by atoms with Gasteiger partial charge in [-0.1, -0.05) is 121 Å². The number of benzene rings is 4. The van der Waals surface area contributed by atoms with Gasteiger partial charge in [-0.25, -0.2) is 23.2 Å². The molecule has 2 unspecified atom stereocenters. The van der Waals surface area contributed by atoms with Crippen molar-refractivity contribution < 1.29 is 91.3 Å². The zero-order chi connectivity index (χ0) is 61.9. The number of alkyl carbamates (subject to hydrolysis) is 1. The Hall–Kier alpha value is -8.68. The molecule has 4 aromatic carbocycles. The number of aliphatic carboxylic acids is 1. The van der Waals surface area contributed by atoms with Gasteiger partial charge in [-0.15, -0.1) is 0 Å². The Bertz CT molecular complexity index is 2670. The summed E-state index contributed by atoms with van der Waals surface area (Å²) in [5, 5.41) is 20.9. The minimum atomic E-state index is -1.69. The van der Waals surface area contributed by atoms with Crippen LogP contribution in [0.2, 0.25) is 0 Å². The van der Waals surface area contributed by atoms with E-state index in [1.807, 2.05) is 12.1 Å². The summed E-state index contributed by atoms with van der Waals surface area (Å²) in [5.41, 5.74) is 8.29. The van der Waals surface area contributed by atoms with Crippen molar-refractivity contribution in [2.45, 2.75) is 102 Å². The van der Waals surface area contributed by atoms with Gasteiger partial charge in [-0.2, -0.15) is 0 Å². The molecule has 25 heteroatoms. The van der Waals surface area contributed by atoms with Crippen LogP contribution in [-0.4, -0.2) is 141 Å². The molecule has 22 nitrogen and oxygen atoms in total. The highest BCUT2D eigenvalue weighted by molar-refractivity contribution is 5.94. The van der Waals surface area contributed by atoms with Crippen molar-refractivity contribution in [1.82, 2.24) is 26.6 Å². The van der Waals surface area contributed by atoms with Gasteiger partial charge in [0.15, 0.2) is 29.6 Å². The fourth-order valence-electron chi connectivity index (χ4n) is 6.99. The maximum atomic E-state index is 13.4. The summed E-state index contributed by atoms with van der Waals surface area (Å²) < 4.78 is 61.3. The SMILES string of the molecule is NCC(=O)CCC(=O)N[C@@H](Cc1ccccc1)C(=O)CCC(=O)NCOC(CF)C(=O)O.O=C(CCC(=O)N[C@@H](Cc1ccccc1)C(=O)CCC(=O)NCOC(CF)C(=O)OCc1ccccc1)CNC(=O)OCc1ccccc1.[2H]CF. The van der Waals surface area contributed by atoms with Crippen molar-refractivity contribution in [2.24, 2.45) is 5.73 Å². The smallest absolute Gasteiger partial charge is 0.407 e. The minimum absolute atomic E-state index is 0.0345. The van der Waals surface area contributed by atoms with E-state index in [0.29, 0.717) is 5.56 Å². The van der Waals surface area contributed by atoms with Crippen LogP contribution in [0.1, 0.15) is 75.0 Å². The Kier molecular flexibility index (Phi) is 34.9. The third-order valence-corrected chi connectivity index (χ3v) is 11.5. The first-order valence-electron chi connectivity index (χ1n) is 26.7. The highest BCUT2D eigenvalue weighted by atomic mass is 19.1. The van der Waals surface area contributed by atoms with Crippen LogP contribution in [0.15, 0.2) is 121 Å². The summed E-state index contributed by atoms with van der Waals surface area (Å²) in [5.74, 6) is -6.14. The fraction of sp³-hybridized carbons (Fsp3) is 0.397. The highest BCUT2D eigenvalue weighted by Crippen LogP contribution is 2.11. The first-order valence-corrected chi connectivity index (χ1v) is 26.0. The van der Waals surface area contributed by atoms with E-state index >= 15 is 0 Å². The number of alkyl halides is 3. The van der Waals surface area contributed by atoms with Gasteiger partial charge in [-0.05, 0) is 35.1 Å². The van der Waals surface area contributed by atoms with Gasteiger partial charge in [0.2, 0.25) is 23.6 Å². The molecule has 0 saturated heterocycles. The molecule has 8 N–H and O–H groups in total. The molecule has 0 fully saturated rings. The number of rotatable bonds is 37. The standard InChI is InChI=1S/C36H40FN3O9.C21H28FN3O7.CH3F/c37-21-32(35(45)47-23-27-12-6-2-7-13-27)49-25-39-33(43)19-17-31(42)30(20-26-10-4-1-5-11-26)40-34(44)18-16-29(41)22-38-36(46)48-24-28-14-8-3-9-15-28;22-11-18(21(30)31)32-13-24-19(28)9-7-17(27)16(10-14-4-2-1-3-5-14)25-20(29)8-6-15(26)12-23;1-2/h1-15,30,32H,16-25H2,(H,38,46)(H,39,43)(H,40,44);1-5,16,18H,6-13,23H2,(H,24,28)(H,25,29)(H,30,31);1H3/t30-,32?;16-,18?;/m00./s1/i;;1D. The second kappa shape index (κ2) is 42.2. The number of carboxylic acids is 1. The lowest BCUT2D eigenvalue weighted by Crippen LogP contribution is -2.43. The van der Waals surface area contributed by atoms with Crippen LogP contribution in [0.4, 0.5) is 18.0 Å². The number of ketones is 4. The van der Waals surface area contributed by atoms with E-state index in [-0.39, 0.29) is 96.3 Å². The van der Waals surface area contributed by atoms with E-state index in [1.165, 1.54) is 0 Å². The summed E-state index contributed by atoms with van der Waals surface area (Å²) in [7, 11) is -1.00. The molecule has 5 amide bonds. The highest BCUT2D eigenvalue weighted by Gasteiger charge is 2.26. The lowest BCUT2D eigenvalue weighted by Gasteiger charge is -2.18. The number of carboxylic acid groups (broad SMARTS) is 1. The van der Waals surface area contributed by atoms with Crippen LogP contribution >= 0.6 is 0 Å². The molecule has 0 saturated carbocycles. The number of halogens is 3. The summed E-state index contributed by atoms with van der Waals surface area (Å²) in [4.78, 5) is 133. The molecule has 83 heavy (non-hydrogen) atoms. The van der Waals surface area contributed by atoms with Crippen molar-refractivity contribution in [1.29, 1.82) is 0 Å². The van der Waals surface area contributed by atoms with E-state index in [4.69, 9.17) is 26.4 Å². The molecule has 0 aromatic heterocycles. The van der Waals surface area contributed by atoms with E-state index in [9.17, 15) is 65.9 Å². The van der Waals surface area contributed by atoms with Crippen LogP contribution in [0.25, 0.3) is 0 Å². The monoisotopic (exact) mass is 1170 g/mol. The Labute approximate surface area is 479 Å². The molecule has 4 aromatic rings. The molecule has 0 aliphatic heterocycles. The number of hydrogen-bond donors (Lipinski definition) is 7. The summed E-state index contributed by atoms with van der Waals surface area (Å²) in [6.45, 7) is -3.93. The Morgan fingerprint density at radius 2 is 0.880 bits per heavy atom. The average molecular weight is 1170 g/mol. The van der Waals surface area contributed by atoms with E-state index < -0.39 is 117 Å². The van der Waals surface area contributed by atoms with Crippen molar-refractivity contribution in [3.05, 3.63) is 144 Å². The predicted molar refractivity (Wildman–Crippen MR) is 293 cm³/mol. The number of nitrogens with one attached hydrogen (secondary N) is 5. The summed E-state index contributed by atoms with van der Waals surface area (Å²) >= 11 is 0. The van der Waals surface area contributed by atoms with Gasteiger partial charge in [0.05, 0.1) is 33.7 Å². The van der Waals surface area contributed by atoms with Crippen molar-refractivity contribution >= 4 is 64.8 Å². The maximum absolute atomic E-state index is 13.4. The van der Waals surface area contributed by atoms with Crippen molar-refractivity contribution in [3.8, 4) is 0 Å². The van der Waals surface area contributed by atoms with Crippen LogP contribution in [-0.2, 0) is 92.9 Å². The molecule has 0 heterocycles. The third kappa shape index (κ3) is 31.8. The molecule has 0 aliphatic carbocycles. The number of hydrogen-bond acceptors (Lipinski definition) is 16. The van der Waals surface area contributed by atoms with Crippen LogP contribution < -0.4 is 32.3 Å². The van der Waals surface area contributed by atoms with E-state index in [2.05, 4.69) is 31.3 Å². The van der Waals surface area contributed by atoms with Gasteiger partial charge in [-0.3, -0.25) is 42.7 Å². The second-order valence-electron chi connectivity index (χ2n) is 17.8. The number of nitrogens with two attached hydrogens (primary N) is 1. The number of Topliss-reactive ketones (excluding diaryl/α,β-unsaturated/α-hetero) is 4. The molecular weight excluding hydrogens is 1090 g/mol. The Morgan fingerprint density at radius 3 is 1.28 bits per heavy atom. The maximum Gasteiger partial charge on any atom is 0.407 e. The second-order valence-corrected chi connectivity index (χ2v) is 17.8. The molecule has 4 atom stereocenters. The predicted octanol–water partition coefficient (Wildman–Crippen LogP) is 3.98. The molecule has 0 aliphatic rings. The lowest BCUT2D eigenvalue weighted by molar-refractivity contribution is -0.161.